The molecule has 0 bridgehead atoms. The lowest BCUT2D eigenvalue weighted by Gasteiger charge is -2.24. The molecule has 8 rings (SSSR count). The minimum atomic E-state index is -2.65. The molecule has 0 atom stereocenters. The third kappa shape index (κ3) is 6.68. The van der Waals surface area contributed by atoms with Crippen LogP contribution in [0.2, 0.25) is 0 Å². The summed E-state index contributed by atoms with van der Waals surface area (Å²) in [5.74, 6) is 1.13. The van der Waals surface area contributed by atoms with Gasteiger partial charge in [-0.15, -0.1) is 0 Å². The lowest BCUT2D eigenvalue weighted by molar-refractivity contribution is 0.0566. The number of nitrogens with zero attached hydrogens (tertiary/aromatic N) is 10. The van der Waals surface area contributed by atoms with Gasteiger partial charge >= 0.3 is 6.55 Å². The number of benzene rings is 1. The molecule has 2 fully saturated rings. The number of hydrogen-bond donors (Lipinski definition) is 0. The van der Waals surface area contributed by atoms with Crippen LogP contribution in [0.15, 0.2) is 78.3 Å². The van der Waals surface area contributed by atoms with Crippen LogP contribution in [0.4, 0.5) is 8.78 Å². The van der Waals surface area contributed by atoms with Gasteiger partial charge in [-0.1, -0.05) is 24.3 Å². The van der Waals surface area contributed by atoms with Gasteiger partial charge in [-0.05, 0) is 78.4 Å². The average Bonchev–Trinajstić information content (AvgIpc) is 3.91. The SMILES string of the molecule is N#CC1CCC(c2nccn3ncc(-c4ccc(-c5cnn(C(F)F)c5)cc4)c23)CC1.N#CC1CCC(c2nccn3ncc(Br)c23)CC1. The molecule has 6 aromatic rings. The van der Waals surface area contributed by atoms with E-state index in [-0.39, 0.29) is 11.8 Å². The average molecular weight is 724 g/mol. The van der Waals surface area contributed by atoms with Crippen LogP contribution in [-0.4, -0.2) is 39.0 Å². The molecule has 0 spiro atoms. The molecule has 2 saturated carbocycles. The van der Waals surface area contributed by atoms with E-state index in [0.717, 1.165) is 95.0 Å². The van der Waals surface area contributed by atoms with E-state index in [2.05, 4.69) is 48.3 Å². The van der Waals surface area contributed by atoms with Crippen molar-refractivity contribution in [2.75, 3.05) is 0 Å². The van der Waals surface area contributed by atoms with Crippen molar-refractivity contribution in [3.8, 4) is 34.4 Å². The van der Waals surface area contributed by atoms with Gasteiger partial charge in [-0.3, -0.25) is 9.97 Å². The number of fused-ring (bicyclic) bond motifs is 2. The van der Waals surface area contributed by atoms with Crippen LogP contribution in [0.1, 0.15) is 81.1 Å². The molecule has 0 aliphatic heterocycles. The van der Waals surface area contributed by atoms with Crippen LogP contribution < -0.4 is 0 Å². The van der Waals surface area contributed by atoms with Crippen LogP contribution in [0.25, 0.3) is 33.3 Å². The largest absolute Gasteiger partial charge is 0.333 e. The molecular formula is C36H33BrF2N10. The summed E-state index contributed by atoms with van der Waals surface area (Å²) < 4.78 is 31.0. The monoisotopic (exact) mass is 722 g/mol. The molecule has 0 unspecified atom stereocenters. The van der Waals surface area contributed by atoms with Crippen molar-refractivity contribution in [3.63, 3.8) is 0 Å². The maximum Gasteiger partial charge on any atom is 0.333 e. The topological polar surface area (TPSA) is 126 Å². The predicted octanol–water partition coefficient (Wildman–Crippen LogP) is 8.74. The van der Waals surface area contributed by atoms with Crippen molar-refractivity contribution in [3.05, 3.63) is 89.7 Å². The van der Waals surface area contributed by atoms with Crippen molar-refractivity contribution >= 4 is 27.0 Å². The molecule has 5 aromatic heterocycles. The first-order chi connectivity index (χ1) is 23.9. The van der Waals surface area contributed by atoms with Crippen molar-refractivity contribution in [2.24, 2.45) is 11.8 Å². The Balaban J connectivity index is 0.000000178. The molecule has 5 heterocycles. The van der Waals surface area contributed by atoms with Crippen LogP contribution in [0.3, 0.4) is 0 Å². The van der Waals surface area contributed by atoms with Gasteiger partial charge in [0.1, 0.15) is 5.52 Å². The standard InChI is InChI=1S/C23H20F2N6.C13H13BrN4/c24-23(25)31-14-19(12-28-31)16-5-7-17(8-6-16)20-13-29-30-10-9-27-21(22(20)30)18-3-1-15(11-26)2-4-18;14-11-8-17-18-6-5-16-12(13(11)18)10-3-1-9(7-15)2-4-10/h5-10,12-15,18,23H,1-4H2;5-6,8-10H,1-4H2. The summed E-state index contributed by atoms with van der Waals surface area (Å²) >= 11 is 3.53. The molecule has 1 aromatic carbocycles. The van der Waals surface area contributed by atoms with Crippen LogP contribution in [0, 0.1) is 34.5 Å². The van der Waals surface area contributed by atoms with Gasteiger partial charge in [0.15, 0.2) is 0 Å². The highest BCUT2D eigenvalue weighted by molar-refractivity contribution is 9.10. The Morgan fingerprint density at radius 3 is 1.76 bits per heavy atom. The highest BCUT2D eigenvalue weighted by Crippen LogP contribution is 2.40. The molecule has 0 radical (unpaired) electrons. The first-order valence-corrected chi connectivity index (χ1v) is 17.2. The zero-order valence-electron chi connectivity index (χ0n) is 26.6. The van der Waals surface area contributed by atoms with Crippen molar-refractivity contribution < 1.29 is 8.78 Å². The quantitative estimate of drug-likeness (QED) is 0.174. The maximum absolute atomic E-state index is 12.8. The number of nitriles is 2. The smallest absolute Gasteiger partial charge is 0.257 e. The fraction of sp³-hybridized carbons (Fsp3) is 0.361. The zero-order chi connectivity index (χ0) is 33.9. The summed E-state index contributed by atoms with van der Waals surface area (Å²) in [6.45, 7) is -2.65. The summed E-state index contributed by atoms with van der Waals surface area (Å²) in [7, 11) is 0. The Morgan fingerprint density at radius 1 is 0.673 bits per heavy atom. The van der Waals surface area contributed by atoms with E-state index in [1.54, 1.807) is 18.6 Å². The second-order valence-corrected chi connectivity index (χ2v) is 13.5. The summed E-state index contributed by atoms with van der Waals surface area (Å²) in [5, 5.41) is 30.6. The molecule has 0 saturated heterocycles. The van der Waals surface area contributed by atoms with Gasteiger partial charge in [0, 0.05) is 65.8 Å². The molecule has 2 aliphatic carbocycles. The summed E-state index contributed by atoms with van der Waals surface area (Å²) in [6, 6.07) is 12.5. The van der Waals surface area contributed by atoms with E-state index in [1.165, 1.54) is 12.4 Å². The van der Waals surface area contributed by atoms with Crippen molar-refractivity contribution in [1.29, 1.82) is 10.5 Å². The molecule has 2 aliphatic rings. The first kappa shape index (κ1) is 32.5. The van der Waals surface area contributed by atoms with E-state index in [9.17, 15) is 14.0 Å². The minimum absolute atomic E-state index is 0.141. The lowest BCUT2D eigenvalue weighted by atomic mass is 9.80. The molecule has 0 N–H and O–H groups in total. The van der Waals surface area contributed by atoms with Crippen LogP contribution >= 0.6 is 15.9 Å². The van der Waals surface area contributed by atoms with Gasteiger partial charge in [-0.25, -0.2) is 13.7 Å². The Labute approximate surface area is 290 Å². The minimum Gasteiger partial charge on any atom is -0.257 e. The van der Waals surface area contributed by atoms with E-state index in [0.29, 0.717) is 22.1 Å². The lowest BCUT2D eigenvalue weighted by Crippen LogP contribution is -2.14. The third-order valence-electron chi connectivity index (χ3n) is 9.80. The number of alkyl halides is 2. The van der Waals surface area contributed by atoms with Gasteiger partial charge in [0.25, 0.3) is 0 Å². The highest BCUT2D eigenvalue weighted by Gasteiger charge is 2.27. The fourth-order valence-electron chi connectivity index (χ4n) is 7.14. The van der Waals surface area contributed by atoms with Crippen LogP contribution in [-0.2, 0) is 0 Å². The Morgan fingerprint density at radius 2 is 1.20 bits per heavy atom. The normalized spacial score (nSPS) is 20.9. The van der Waals surface area contributed by atoms with Crippen molar-refractivity contribution in [2.45, 2.75) is 69.8 Å². The second kappa shape index (κ2) is 14.2. The molecule has 10 nitrogen and oxygen atoms in total. The van der Waals surface area contributed by atoms with Crippen molar-refractivity contribution in [1.82, 2.24) is 39.0 Å². The second-order valence-electron chi connectivity index (χ2n) is 12.7. The summed E-state index contributed by atoms with van der Waals surface area (Å²) in [4.78, 5) is 9.24. The first-order valence-electron chi connectivity index (χ1n) is 16.5. The number of rotatable bonds is 5. The zero-order valence-corrected chi connectivity index (χ0v) is 28.2. The maximum atomic E-state index is 12.8. The van der Waals surface area contributed by atoms with E-state index in [4.69, 9.17) is 10.2 Å². The Hall–Kier alpha value is -5.01. The summed E-state index contributed by atoms with van der Waals surface area (Å²) in [5.41, 5.74) is 7.62. The van der Waals surface area contributed by atoms with E-state index < -0.39 is 6.55 Å². The molecule has 0 amide bonds. The van der Waals surface area contributed by atoms with Gasteiger partial charge in [0.05, 0.1) is 52.1 Å². The number of aromatic nitrogens is 8. The molecule has 248 valence electrons. The van der Waals surface area contributed by atoms with E-state index in [1.807, 2.05) is 51.9 Å². The van der Waals surface area contributed by atoms with E-state index >= 15 is 0 Å². The van der Waals surface area contributed by atoms with Gasteiger partial charge in [-0.2, -0.15) is 34.6 Å². The van der Waals surface area contributed by atoms with Gasteiger partial charge < -0.3 is 0 Å². The van der Waals surface area contributed by atoms with Gasteiger partial charge in [0.2, 0.25) is 0 Å². The summed E-state index contributed by atoms with van der Waals surface area (Å²) in [6.07, 6.45) is 21.5. The molecular weight excluding hydrogens is 690 g/mol. The highest BCUT2D eigenvalue weighted by atomic mass is 79.9. The Kier molecular flexibility index (Phi) is 9.45. The fourth-order valence-corrected chi connectivity index (χ4v) is 7.61. The number of hydrogen-bond acceptors (Lipinski definition) is 7. The molecule has 13 heteroatoms. The van der Waals surface area contributed by atoms with Crippen LogP contribution in [0.5, 0.6) is 0 Å². The number of halogens is 3. The molecule has 49 heavy (non-hydrogen) atoms. The Bertz CT molecular complexity index is 2140. The third-order valence-corrected chi connectivity index (χ3v) is 10.4. The predicted molar refractivity (Wildman–Crippen MR) is 182 cm³/mol.